The first-order valence-electron chi connectivity index (χ1n) is 6.08. The molecule has 2 heterocycles. The van der Waals surface area contributed by atoms with Crippen LogP contribution in [0.15, 0.2) is 0 Å². The fraction of sp³-hybridized carbons (Fsp3) is 0.818. The summed E-state index contributed by atoms with van der Waals surface area (Å²) in [6.45, 7) is 4.36. The van der Waals surface area contributed by atoms with E-state index in [4.69, 9.17) is 14.6 Å². The second-order valence-corrected chi connectivity index (χ2v) is 4.55. The van der Waals surface area contributed by atoms with Gasteiger partial charge < -0.3 is 24.4 Å². The number of nitrogens with zero attached hydrogens (tertiary/aromatic N) is 2. The normalized spacial score (nSPS) is 29.2. The van der Waals surface area contributed by atoms with Gasteiger partial charge in [-0.05, 0) is 6.92 Å². The van der Waals surface area contributed by atoms with Crippen LogP contribution < -0.4 is 0 Å². The Kier molecular flexibility index (Phi) is 4.03. The average molecular weight is 258 g/mol. The van der Waals surface area contributed by atoms with Crippen molar-refractivity contribution in [2.24, 2.45) is 0 Å². The van der Waals surface area contributed by atoms with Gasteiger partial charge in [0.1, 0.15) is 0 Å². The molecular formula is C11H18N2O5. The second kappa shape index (κ2) is 5.53. The van der Waals surface area contributed by atoms with Crippen LogP contribution in [0.2, 0.25) is 0 Å². The van der Waals surface area contributed by atoms with Crippen molar-refractivity contribution in [1.82, 2.24) is 9.80 Å². The molecule has 2 amide bonds. The Labute approximate surface area is 105 Å². The van der Waals surface area contributed by atoms with Crippen molar-refractivity contribution in [1.29, 1.82) is 0 Å². The number of hydrogen-bond acceptors (Lipinski definition) is 4. The minimum atomic E-state index is -1.03. The molecular weight excluding hydrogens is 240 g/mol. The second-order valence-electron chi connectivity index (χ2n) is 4.55. The van der Waals surface area contributed by atoms with Gasteiger partial charge in [-0.3, -0.25) is 0 Å². The topological polar surface area (TPSA) is 79.3 Å². The van der Waals surface area contributed by atoms with Gasteiger partial charge in [-0.15, -0.1) is 0 Å². The highest BCUT2D eigenvalue weighted by Gasteiger charge is 2.32. The molecule has 18 heavy (non-hydrogen) atoms. The third-order valence-electron chi connectivity index (χ3n) is 3.12. The number of morpholine rings is 2. The zero-order chi connectivity index (χ0) is 13.1. The van der Waals surface area contributed by atoms with Gasteiger partial charge in [0.2, 0.25) is 0 Å². The van der Waals surface area contributed by atoms with E-state index in [2.05, 4.69) is 0 Å². The maximum absolute atomic E-state index is 12.2. The van der Waals surface area contributed by atoms with E-state index in [1.807, 2.05) is 6.92 Å². The van der Waals surface area contributed by atoms with E-state index >= 15 is 0 Å². The molecule has 2 rings (SSSR count). The van der Waals surface area contributed by atoms with Crippen molar-refractivity contribution in [2.45, 2.75) is 19.1 Å². The van der Waals surface area contributed by atoms with E-state index in [1.54, 1.807) is 9.80 Å². The van der Waals surface area contributed by atoms with Crippen LogP contribution in [0.5, 0.6) is 0 Å². The van der Waals surface area contributed by atoms with Gasteiger partial charge in [0.05, 0.1) is 25.9 Å². The van der Waals surface area contributed by atoms with Crippen molar-refractivity contribution in [3.8, 4) is 0 Å². The Morgan fingerprint density at radius 1 is 1.11 bits per heavy atom. The van der Waals surface area contributed by atoms with E-state index in [1.165, 1.54) is 0 Å². The lowest BCUT2D eigenvalue weighted by Crippen LogP contribution is -2.55. The molecule has 2 aliphatic heterocycles. The number of carboxylic acid groups (broad SMARTS) is 1. The molecule has 7 nitrogen and oxygen atoms in total. The molecule has 2 atom stereocenters. The summed E-state index contributed by atoms with van der Waals surface area (Å²) >= 11 is 0. The summed E-state index contributed by atoms with van der Waals surface area (Å²) in [5.74, 6) is -1.03. The van der Waals surface area contributed by atoms with Gasteiger partial charge in [-0.1, -0.05) is 0 Å². The zero-order valence-corrected chi connectivity index (χ0v) is 10.4. The lowest BCUT2D eigenvalue weighted by molar-refractivity contribution is -0.154. The minimum Gasteiger partial charge on any atom is -0.479 e. The number of urea groups is 1. The summed E-state index contributed by atoms with van der Waals surface area (Å²) in [6, 6.07) is -0.125. The highest BCUT2D eigenvalue weighted by Crippen LogP contribution is 2.12. The standard InChI is InChI=1S/C11H18N2O5/c1-8-6-12(2-4-17-8)11(16)13-3-5-18-9(7-13)10(14)15/h8-9H,2-7H2,1H3,(H,14,15). The molecule has 0 bridgehead atoms. The van der Waals surface area contributed by atoms with E-state index in [0.29, 0.717) is 26.2 Å². The van der Waals surface area contributed by atoms with Crippen LogP contribution in [0.1, 0.15) is 6.92 Å². The number of hydrogen-bond donors (Lipinski definition) is 1. The summed E-state index contributed by atoms with van der Waals surface area (Å²) < 4.78 is 10.5. The Morgan fingerprint density at radius 2 is 1.72 bits per heavy atom. The quantitative estimate of drug-likeness (QED) is 0.693. The van der Waals surface area contributed by atoms with Crippen molar-refractivity contribution in [3.63, 3.8) is 0 Å². The number of carboxylic acids is 1. The van der Waals surface area contributed by atoms with Crippen LogP contribution in [0.3, 0.4) is 0 Å². The number of aliphatic carboxylic acids is 1. The van der Waals surface area contributed by atoms with Crippen LogP contribution in [-0.4, -0.2) is 78.5 Å². The fourth-order valence-corrected chi connectivity index (χ4v) is 2.16. The highest BCUT2D eigenvalue weighted by molar-refractivity contribution is 5.77. The molecule has 0 saturated carbocycles. The van der Waals surface area contributed by atoms with Gasteiger partial charge in [0.25, 0.3) is 0 Å². The average Bonchev–Trinajstić information content (AvgIpc) is 2.38. The Morgan fingerprint density at radius 3 is 2.33 bits per heavy atom. The van der Waals surface area contributed by atoms with Gasteiger partial charge in [0, 0.05) is 19.6 Å². The van der Waals surface area contributed by atoms with Crippen molar-refractivity contribution < 1.29 is 24.2 Å². The fourth-order valence-electron chi connectivity index (χ4n) is 2.16. The molecule has 1 N–H and O–H groups in total. The molecule has 0 spiro atoms. The van der Waals surface area contributed by atoms with Gasteiger partial charge in [0.15, 0.2) is 6.10 Å². The summed E-state index contributed by atoms with van der Waals surface area (Å²) in [6.07, 6.45) is -0.889. The first-order chi connectivity index (χ1) is 8.58. The van der Waals surface area contributed by atoms with Gasteiger partial charge in [-0.2, -0.15) is 0 Å². The Balaban J connectivity index is 1.93. The molecule has 0 aromatic heterocycles. The van der Waals surface area contributed by atoms with E-state index < -0.39 is 12.1 Å². The lowest BCUT2D eigenvalue weighted by Gasteiger charge is -2.38. The molecule has 0 aromatic rings. The first kappa shape index (κ1) is 13.1. The largest absolute Gasteiger partial charge is 0.479 e. The van der Waals surface area contributed by atoms with Crippen molar-refractivity contribution >= 4 is 12.0 Å². The molecule has 0 radical (unpaired) electrons. The Bertz CT molecular complexity index is 335. The predicted molar refractivity (Wildman–Crippen MR) is 61.3 cm³/mol. The molecule has 2 unspecified atom stereocenters. The maximum Gasteiger partial charge on any atom is 0.334 e. The van der Waals surface area contributed by atoms with Crippen LogP contribution >= 0.6 is 0 Å². The summed E-state index contributed by atoms with van der Waals surface area (Å²) in [5.41, 5.74) is 0. The Hall–Kier alpha value is -1.34. The van der Waals surface area contributed by atoms with Crippen molar-refractivity contribution in [2.75, 3.05) is 39.4 Å². The summed E-state index contributed by atoms with van der Waals surface area (Å²) in [7, 11) is 0. The van der Waals surface area contributed by atoms with Crippen LogP contribution in [-0.2, 0) is 14.3 Å². The number of ether oxygens (including phenoxy) is 2. The van der Waals surface area contributed by atoms with Gasteiger partial charge >= 0.3 is 12.0 Å². The molecule has 2 fully saturated rings. The van der Waals surface area contributed by atoms with E-state index in [-0.39, 0.29) is 25.3 Å². The molecule has 2 aliphatic rings. The molecule has 102 valence electrons. The summed E-state index contributed by atoms with van der Waals surface area (Å²) in [5, 5.41) is 8.89. The lowest BCUT2D eigenvalue weighted by atomic mass is 10.2. The number of carbonyl (C=O) groups excluding carboxylic acids is 1. The number of carbonyl (C=O) groups is 2. The first-order valence-corrected chi connectivity index (χ1v) is 6.08. The van der Waals surface area contributed by atoms with E-state index in [9.17, 15) is 9.59 Å². The molecule has 0 aliphatic carbocycles. The molecule has 2 saturated heterocycles. The summed E-state index contributed by atoms with van der Waals surface area (Å²) in [4.78, 5) is 26.3. The minimum absolute atomic E-state index is 0.0269. The molecule has 0 aromatic carbocycles. The van der Waals surface area contributed by atoms with Crippen molar-refractivity contribution in [3.05, 3.63) is 0 Å². The third kappa shape index (κ3) is 2.91. The van der Waals surface area contributed by atoms with Crippen LogP contribution in [0.25, 0.3) is 0 Å². The number of amides is 2. The molecule has 7 heteroatoms. The number of rotatable bonds is 1. The van der Waals surface area contributed by atoms with Crippen LogP contribution in [0.4, 0.5) is 4.79 Å². The highest BCUT2D eigenvalue weighted by atomic mass is 16.5. The monoisotopic (exact) mass is 258 g/mol. The SMILES string of the molecule is CC1CN(C(=O)N2CCOC(C(=O)O)C2)CCO1. The smallest absolute Gasteiger partial charge is 0.334 e. The zero-order valence-electron chi connectivity index (χ0n) is 10.4. The van der Waals surface area contributed by atoms with E-state index in [0.717, 1.165) is 0 Å². The predicted octanol–water partition coefficient (Wildman–Crippen LogP) is -0.387. The van der Waals surface area contributed by atoms with Crippen LogP contribution in [0, 0.1) is 0 Å². The van der Waals surface area contributed by atoms with Gasteiger partial charge in [-0.25, -0.2) is 9.59 Å². The third-order valence-corrected chi connectivity index (χ3v) is 3.12. The maximum atomic E-state index is 12.2.